The molecule has 0 bridgehead atoms. The number of rotatable bonds is 4. The lowest BCUT2D eigenvalue weighted by molar-refractivity contribution is 0.587. The van der Waals surface area contributed by atoms with Crippen LogP contribution >= 0.6 is 11.8 Å². The quantitative estimate of drug-likeness (QED) is 0.827. The fourth-order valence-corrected chi connectivity index (χ4v) is 1.99. The molecule has 0 fully saturated rings. The normalized spacial score (nSPS) is 10.4. The number of hydrogen-bond acceptors (Lipinski definition) is 2. The average Bonchev–Trinajstić information content (AvgIpc) is 2.40. The Kier molecular flexibility index (Phi) is 4.20. The van der Waals surface area contributed by atoms with E-state index in [4.69, 9.17) is 0 Å². The molecule has 0 saturated heterocycles. The minimum atomic E-state index is -0.425. The molecule has 2 aromatic carbocycles. The molecule has 0 radical (unpaired) electrons. The Bertz CT molecular complexity index is 526. The molecule has 2 rings (SSSR count). The standard InChI is InChI=1S/C14H13F2NS/c1-18-13-5-3-12(4-6-13)17-9-10-8-11(15)2-7-14(10)16/h2-8,17H,9H2,1H3. The predicted octanol–water partition coefficient (Wildman–Crippen LogP) is 4.30. The van der Waals surface area contributed by atoms with E-state index in [0.717, 1.165) is 22.7 Å². The van der Waals surface area contributed by atoms with Crippen molar-refractivity contribution >= 4 is 17.4 Å². The first kappa shape index (κ1) is 12.9. The summed E-state index contributed by atoms with van der Waals surface area (Å²) in [5.41, 5.74) is 1.21. The van der Waals surface area contributed by atoms with Crippen molar-refractivity contribution in [2.24, 2.45) is 0 Å². The molecule has 0 heterocycles. The highest BCUT2D eigenvalue weighted by Crippen LogP contribution is 2.18. The Labute approximate surface area is 109 Å². The second-order valence-corrected chi connectivity index (χ2v) is 4.70. The lowest BCUT2D eigenvalue weighted by Crippen LogP contribution is -2.02. The molecule has 0 amide bonds. The molecule has 0 aliphatic heterocycles. The van der Waals surface area contributed by atoms with Gasteiger partial charge in [0.05, 0.1) is 0 Å². The maximum absolute atomic E-state index is 13.4. The summed E-state index contributed by atoms with van der Waals surface area (Å²) in [6, 6.07) is 11.3. The number of thioether (sulfide) groups is 1. The van der Waals surface area contributed by atoms with Gasteiger partial charge in [0.2, 0.25) is 0 Å². The first-order valence-electron chi connectivity index (χ1n) is 5.51. The van der Waals surface area contributed by atoms with Gasteiger partial charge < -0.3 is 5.32 Å². The molecule has 4 heteroatoms. The summed E-state index contributed by atoms with van der Waals surface area (Å²) in [6.07, 6.45) is 2.00. The zero-order chi connectivity index (χ0) is 13.0. The largest absolute Gasteiger partial charge is 0.381 e. The van der Waals surface area contributed by atoms with E-state index in [-0.39, 0.29) is 6.54 Å². The van der Waals surface area contributed by atoms with Crippen LogP contribution in [0.5, 0.6) is 0 Å². The van der Waals surface area contributed by atoms with Crippen LogP contribution in [0, 0.1) is 11.6 Å². The van der Waals surface area contributed by atoms with Gasteiger partial charge in [0.15, 0.2) is 0 Å². The highest BCUT2D eigenvalue weighted by Gasteiger charge is 2.03. The van der Waals surface area contributed by atoms with Crippen molar-refractivity contribution in [1.82, 2.24) is 0 Å². The van der Waals surface area contributed by atoms with Gasteiger partial charge in [0.25, 0.3) is 0 Å². The number of anilines is 1. The van der Waals surface area contributed by atoms with Gasteiger partial charge in [-0.2, -0.15) is 0 Å². The molecule has 1 nitrogen and oxygen atoms in total. The van der Waals surface area contributed by atoms with Gasteiger partial charge in [0.1, 0.15) is 11.6 Å². The van der Waals surface area contributed by atoms with Crippen LogP contribution in [0.2, 0.25) is 0 Å². The lowest BCUT2D eigenvalue weighted by Gasteiger charge is -2.08. The van der Waals surface area contributed by atoms with Crippen LogP contribution in [0.4, 0.5) is 14.5 Å². The summed E-state index contributed by atoms with van der Waals surface area (Å²) in [6.45, 7) is 0.266. The van der Waals surface area contributed by atoms with Gasteiger partial charge >= 0.3 is 0 Å². The van der Waals surface area contributed by atoms with Crippen LogP contribution in [-0.4, -0.2) is 6.26 Å². The maximum atomic E-state index is 13.4. The lowest BCUT2D eigenvalue weighted by atomic mass is 10.2. The molecule has 0 saturated carbocycles. The van der Waals surface area contributed by atoms with E-state index in [0.29, 0.717) is 5.56 Å². The van der Waals surface area contributed by atoms with Crippen LogP contribution in [-0.2, 0) is 6.54 Å². The van der Waals surface area contributed by atoms with Crippen LogP contribution < -0.4 is 5.32 Å². The third-order valence-corrected chi connectivity index (χ3v) is 3.32. The first-order valence-corrected chi connectivity index (χ1v) is 6.73. The molecule has 0 spiro atoms. The summed E-state index contributed by atoms with van der Waals surface area (Å²) in [4.78, 5) is 1.16. The summed E-state index contributed by atoms with van der Waals surface area (Å²) < 4.78 is 26.4. The number of nitrogens with one attached hydrogen (secondary N) is 1. The second-order valence-electron chi connectivity index (χ2n) is 3.82. The molecule has 1 N–H and O–H groups in total. The van der Waals surface area contributed by atoms with Crippen molar-refractivity contribution in [3.05, 3.63) is 59.7 Å². The smallest absolute Gasteiger partial charge is 0.128 e. The Morgan fingerprint density at radius 2 is 1.78 bits per heavy atom. The maximum Gasteiger partial charge on any atom is 0.128 e. The molecule has 94 valence electrons. The molecule has 18 heavy (non-hydrogen) atoms. The first-order chi connectivity index (χ1) is 8.69. The highest BCUT2D eigenvalue weighted by atomic mass is 32.2. The van der Waals surface area contributed by atoms with E-state index < -0.39 is 11.6 Å². The Balaban J connectivity index is 2.04. The van der Waals surface area contributed by atoms with Gasteiger partial charge in [0, 0.05) is 22.7 Å². The van der Waals surface area contributed by atoms with Crippen LogP contribution in [0.1, 0.15) is 5.56 Å². The van der Waals surface area contributed by atoms with Gasteiger partial charge in [-0.15, -0.1) is 11.8 Å². The van der Waals surface area contributed by atoms with Crippen LogP contribution in [0.3, 0.4) is 0 Å². The summed E-state index contributed by atoms with van der Waals surface area (Å²) >= 11 is 1.66. The van der Waals surface area contributed by atoms with E-state index in [9.17, 15) is 8.78 Å². The number of benzene rings is 2. The predicted molar refractivity (Wildman–Crippen MR) is 71.9 cm³/mol. The van der Waals surface area contributed by atoms with Crippen molar-refractivity contribution in [2.75, 3.05) is 11.6 Å². The molecule has 0 aliphatic rings. The van der Waals surface area contributed by atoms with Crippen LogP contribution in [0.25, 0.3) is 0 Å². The van der Waals surface area contributed by atoms with Gasteiger partial charge in [-0.1, -0.05) is 0 Å². The second kappa shape index (κ2) is 5.87. The van der Waals surface area contributed by atoms with E-state index in [1.54, 1.807) is 11.8 Å². The summed E-state index contributed by atoms with van der Waals surface area (Å²) in [7, 11) is 0. The molecule has 0 atom stereocenters. The van der Waals surface area contributed by atoms with Crippen molar-refractivity contribution in [3.8, 4) is 0 Å². The monoisotopic (exact) mass is 265 g/mol. The molecule has 0 aromatic heterocycles. The molecule has 0 aliphatic carbocycles. The van der Waals surface area contributed by atoms with Crippen molar-refractivity contribution in [2.45, 2.75) is 11.4 Å². The van der Waals surface area contributed by atoms with Crippen molar-refractivity contribution in [1.29, 1.82) is 0 Å². The average molecular weight is 265 g/mol. The van der Waals surface area contributed by atoms with Crippen LogP contribution in [0.15, 0.2) is 47.4 Å². The highest BCUT2D eigenvalue weighted by molar-refractivity contribution is 7.98. The fourth-order valence-electron chi connectivity index (χ4n) is 1.58. The summed E-state index contributed by atoms with van der Waals surface area (Å²) in [5, 5.41) is 3.06. The van der Waals surface area contributed by atoms with Gasteiger partial charge in [-0.05, 0) is 48.7 Å². The molecule has 2 aromatic rings. The Morgan fingerprint density at radius 3 is 2.44 bits per heavy atom. The van der Waals surface area contributed by atoms with E-state index >= 15 is 0 Å². The molecule has 0 unspecified atom stereocenters. The minimum Gasteiger partial charge on any atom is -0.381 e. The van der Waals surface area contributed by atoms with E-state index in [2.05, 4.69) is 5.32 Å². The molecular formula is C14H13F2NS. The van der Waals surface area contributed by atoms with Gasteiger partial charge in [-0.25, -0.2) is 8.78 Å². The summed E-state index contributed by atoms with van der Waals surface area (Å²) in [5.74, 6) is -0.824. The van der Waals surface area contributed by atoms with Crippen molar-refractivity contribution in [3.63, 3.8) is 0 Å². The number of hydrogen-bond donors (Lipinski definition) is 1. The van der Waals surface area contributed by atoms with Gasteiger partial charge in [-0.3, -0.25) is 0 Å². The third kappa shape index (κ3) is 3.23. The van der Waals surface area contributed by atoms with E-state index in [1.165, 1.54) is 6.07 Å². The minimum absolute atomic E-state index is 0.266. The Morgan fingerprint density at radius 1 is 1.06 bits per heavy atom. The van der Waals surface area contributed by atoms with Crippen molar-refractivity contribution < 1.29 is 8.78 Å². The number of halogens is 2. The SMILES string of the molecule is CSc1ccc(NCc2cc(F)ccc2F)cc1. The zero-order valence-electron chi connectivity index (χ0n) is 9.91. The molecular weight excluding hydrogens is 252 g/mol. The third-order valence-electron chi connectivity index (χ3n) is 2.58. The fraction of sp³-hybridized carbons (Fsp3) is 0.143. The topological polar surface area (TPSA) is 12.0 Å². The van der Waals surface area contributed by atoms with E-state index in [1.807, 2.05) is 30.5 Å². The Hall–Kier alpha value is -1.55. The zero-order valence-corrected chi connectivity index (χ0v) is 10.7.